The predicted molar refractivity (Wildman–Crippen MR) is 111 cm³/mol. The van der Waals surface area contributed by atoms with Crippen LogP contribution in [0.1, 0.15) is 57.2 Å². The lowest BCUT2D eigenvalue weighted by Gasteiger charge is -2.31. The van der Waals surface area contributed by atoms with Gasteiger partial charge in [0.2, 0.25) is 17.7 Å². The molecule has 6 nitrogen and oxygen atoms in total. The summed E-state index contributed by atoms with van der Waals surface area (Å²) in [5.74, 6) is -1.42. The SMILES string of the molecule is CCC(C)N1C(=O)C2C(CC(C)C)NC3(C(=O)Nc4c3ccc(C)c4C)C2C1=O. The van der Waals surface area contributed by atoms with Crippen molar-refractivity contribution in [2.75, 3.05) is 5.32 Å². The molecule has 2 saturated heterocycles. The fourth-order valence-electron chi connectivity index (χ4n) is 5.47. The van der Waals surface area contributed by atoms with Crippen molar-refractivity contribution in [3.8, 4) is 0 Å². The molecule has 6 heteroatoms. The van der Waals surface area contributed by atoms with Crippen molar-refractivity contribution in [2.45, 2.75) is 72.0 Å². The number of hydrogen-bond donors (Lipinski definition) is 2. The van der Waals surface area contributed by atoms with Crippen molar-refractivity contribution in [3.63, 3.8) is 0 Å². The van der Waals surface area contributed by atoms with Crippen molar-refractivity contribution in [1.29, 1.82) is 0 Å². The third-order valence-corrected chi connectivity index (χ3v) is 7.21. The molecule has 1 aromatic rings. The maximum atomic E-state index is 13.6. The van der Waals surface area contributed by atoms with Gasteiger partial charge in [-0.15, -0.1) is 0 Å². The quantitative estimate of drug-likeness (QED) is 0.766. The Morgan fingerprint density at radius 2 is 1.79 bits per heavy atom. The van der Waals surface area contributed by atoms with Crippen molar-refractivity contribution in [3.05, 3.63) is 28.8 Å². The zero-order chi connectivity index (χ0) is 21.2. The second-order valence-electron chi connectivity index (χ2n) is 9.38. The minimum atomic E-state index is -1.17. The lowest BCUT2D eigenvalue weighted by molar-refractivity contribution is -0.145. The van der Waals surface area contributed by atoms with E-state index >= 15 is 0 Å². The Kier molecular flexibility index (Phi) is 4.61. The first-order valence-corrected chi connectivity index (χ1v) is 10.7. The molecule has 2 fully saturated rings. The molecule has 2 N–H and O–H groups in total. The number of carbonyl (C=O) groups excluding carboxylic acids is 3. The van der Waals surface area contributed by atoms with E-state index in [0.29, 0.717) is 12.3 Å². The van der Waals surface area contributed by atoms with Crippen LogP contribution < -0.4 is 10.6 Å². The van der Waals surface area contributed by atoms with Crippen molar-refractivity contribution < 1.29 is 14.4 Å². The van der Waals surface area contributed by atoms with E-state index in [1.165, 1.54) is 4.90 Å². The number of anilines is 1. The van der Waals surface area contributed by atoms with Gasteiger partial charge in [0.1, 0.15) is 5.54 Å². The zero-order valence-corrected chi connectivity index (χ0v) is 18.1. The topological polar surface area (TPSA) is 78.5 Å². The van der Waals surface area contributed by atoms with Crippen LogP contribution in [0.3, 0.4) is 0 Å². The summed E-state index contributed by atoms with van der Waals surface area (Å²) in [6.07, 6.45) is 1.44. The number of nitrogens with one attached hydrogen (secondary N) is 2. The maximum absolute atomic E-state index is 13.6. The largest absolute Gasteiger partial charge is 0.324 e. The minimum absolute atomic E-state index is 0.130. The molecule has 3 heterocycles. The number of amides is 3. The molecule has 3 amide bonds. The molecule has 0 saturated carbocycles. The van der Waals surface area contributed by atoms with E-state index in [9.17, 15) is 14.4 Å². The average Bonchev–Trinajstić information content (AvgIpc) is 3.23. The summed E-state index contributed by atoms with van der Waals surface area (Å²) >= 11 is 0. The zero-order valence-electron chi connectivity index (χ0n) is 18.1. The molecule has 1 aromatic carbocycles. The number of hydrogen-bond acceptors (Lipinski definition) is 4. The second kappa shape index (κ2) is 6.66. The molecular weight excluding hydrogens is 366 g/mol. The van der Waals surface area contributed by atoms with Crippen LogP contribution in [0.4, 0.5) is 5.69 Å². The Morgan fingerprint density at radius 3 is 2.41 bits per heavy atom. The van der Waals surface area contributed by atoms with Gasteiger partial charge in [-0.2, -0.15) is 0 Å². The molecule has 4 rings (SSSR count). The standard InChI is InChI=1S/C23H31N3O3/c1-7-13(5)26-20(27)17-16(10-11(2)3)25-23(18(17)21(26)28)15-9-8-12(4)14(6)19(15)24-22(23)29/h8-9,11,13,16-18,25H,7,10H2,1-6H3,(H,24,29). The van der Waals surface area contributed by atoms with Crippen molar-refractivity contribution in [1.82, 2.24) is 10.2 Å². The molecular formula is C23H31N3O3. The Balaban J connectivity index is 1.90. The van der Waals surface area contributed by atoms with Gasteiger partial charge >= 0.3 is 0 Å². The van der Waals surface area contributed by atoms with E-state index in [1.54, 1.807) is 0 Å². The molecule has 0 aliphatic carbocycles. The first kappa shape index (κ1) is 20.1. The molecule has 0 bridgehead atoms. The second-order valence-corrected chi connectivity index (χ2v) is 9.38. The van der Waals surface area contributed by atoms with E-state index in [2.05, 4.69) is 24.5 Å². The van der Waals surface area contributed by atoms with Gasteiger partial charge in [-0.1, -0.05) is 32.9 Å². The van der Waals surface area contributed by atoms with Crippen molar-refractivity contribution >= 4 is 23.4 Å². The van der Waals surface area contributed by atoms with Gasteiger partial charge < -0.3 is 5.32 Å². The van der Waals surface area contributed by atoms with E-state index in [0.717, 1.165) is 28.8 Å². The van der Waals surface area contributed by atoms with Crippen molar-refractivity contribution in [2.24, 2.45) is 17.8 Å². The highest BCUT2D eigenvalue weighted by molar-refractivity contribution is 6.15. The van der Waals surface area contributed by atoms with Gasteiger partial charge in [0.05, 0.1) is 11.8 Å². The summed E-state index contributed by atoms with van der Waals surface area (Å²) in [7, 11) is 0. The number of aryl methyl sites for hydroxylation is 1. The number of likely N-dealkylation sites (tertiary alicyclic amines) is 1. The predicted octanol–water partition coefficient (Wildman–Crippen LogP) is 2.87. The van der Waals surface area contributed by atoms with Crippen LogP contribution in [0.5, 0.6) is 0 Å². The van der Waals surface area contributed by atoms with Crippen LogP contribution in [0, 0.1) is 31.6 Å². The fourth-order valence-corrected chi connectivity index (χ4v) is 5.47. The fraction of sp³-hybridized carbons (Fsp3) is 0.609. The van der Waals surface area contributed by atoms with Crippen LogP contribution in [0.25, 0.3) is 0 Å². The smallest absolute Gasteiger partial charge is 0.250 e. The first-order valence-electron chi connectivity index (χ1n) is 10.7. The van der Waals surface area contributed by atoms with Gasteiger partial charge in [-0.05, 0) is 50.7 Å². The van der Waals surface area contributed by atoms with Gasteiger partial charge in [0.15, 0.2) is 0 Å². The van der Waals surface area contributed by atoms with Gasteiger partial charge in [-0.25, -0.2) is 0 Å². The highest BCUT2D eigenvalue weighted by Gasteiger charge is 2.70. The Labute approximate surface area is 172 Å². The molecule has 0 radical (unpaired) electrons. The molecule has 5 atom stereocenters. The lowest BCUT2D eigenvalue weighted by Crippen LogP contribution is -2.54. The third kappa shape index (κ3) is 2.54. The highest BCUT2D eigenvalue weighted by atomic mass is 16.2. The molecule has 156 valence electrons. The summed E-state index contributed by atoms with van der Waals surface area (Å²) in [6.45, 7) is 12.1. The van der Waals surface area contributed by atoms with E-state index in [-0.39, 0.29) is 29.8 Å². The first-order chi connectivity index (χ1) is 13.6. The molecule has 29 heavy (non-hydrogen) atoms. The van der Waals surface area contributed by atoms with Crippen LogP contribution in [-0.2, 0) is 19.9 Å². The average molecular weight is 398 g/mol. The van der Waals surface area contributed by atoms with Gasteiger partial charge in [0.25, 0.3) is 0 Å². The molecule has 3 aliphatic heterocycles. The molecule has 5 unspecified atom stereocenters. The number of fused-ring (bicyclic) bond motifs is 4. The van der Waals surface area contributed by atoms with E-state index in [1.807, 2.05) is 39.8 Å². The lowest BCUT2D eigenvalue weighted by atomic mass is 9.75. The number of rotatable bonds is 4. The Bertz CT molecular complexity index is 909. The van der Waals surface area contributed by atoms with Gasteiger partial charge in [-0.3, -0.25) is 24.6 Å². The number of imide groups is 1. The van der Waals surface area contributed by atoms with Gasteiger partial charge in [0, 0.05) is 23.3 Å². The number of benzene rings is 1. The maximum Gasteiger partial charge on any atom is 0.250 e. The molecule has 3 aliphatic rings. The number of nitrogens with zero attached hydrogens (tertiary/aromatic N) is 1. The molecule has 1 spiro atoms. The third-order valence-electron chi connectivity index (χ3n) is 7.21. The van der Waals surface area contributed by atoms with E-state index < -0.39 is 17.4 Å². The summed E-state index contributed by atoms with van der Waals surface area (Å²) in [6, 6.07) is 3.57. The molecule has 0 aromatic heterocycles. The summed E-state index contributed by atoms with van der Waals surface area (Å²) in [5, 5.41) is 6.55. The Hall–Kier alpha value is -2.21. The normalized spacial score (nSPS) is 31.6. The summed E-state index contributed by atoms with van der Waals surface area (Å²) in [5.41, 5.74) is 2.51. The summed E-state index contributed by atoms with van der Waals surface area (Å²) < 4.78 is 0. The highest BCUT2D eigenvalue weighted by Crippen LogP contribution is 2.54. The summed E-state index contributed by atoms with van der Waals surface area (Å²) in [4.78, 5) is 41.8. The van der Waals surface area contributed by atoms with Crippen LogP contribution in [0.2, 0.25) is 0 Å². The Morgan fingerprint density at radius 1 is 1.10 bits per heavy atom. The van der Waals surface area contributed by atoms with Crippen LogP contribution in [-0.4, -0.2) is 34.7 Å². The van der Waals surface area contributed by atoms with Crippen LogP contribution in [0.15, 0.2) is 12.1 Å². The monoisotopic (exact) mass is 397 g/mol. The number of carbonyl (C=O) groups is 3. The van der Waals surface area contributed by atoms with E-state index in [4.69, 9.17) is 0 Å². The minimum Gasteiger partial charge on any atom is -0.324 e. The van der Waals surface area contributed by atoms with Crippen LogP contribution >= 0.6 is 0 Å².